The molecule has 7 nitrogen and oxygen atoms in total. The van der Waals surface area contributed by atoms with E-state index in [0.29, 0.717) is 23.5 Å². The van der Waals surface area contributed by atoms with Gasteiger partial charge in [-0.1, -0.05) is 0 Å². The number of hydrogen-bond donors (Lipinski definition) is 2. The monoisotopic (exact) mass is 215 g/mol. The van der Waals surface area contributed by atoms with E-state index in [1.54, 1.807) is 10.9 Å². The van der Waals surface area contributed by atoms with Crippen LogP contribution in [0, 0.1) is 0 Å². The molecule has 0 saturated heterocycles. The lowest BCUT2D eigenvalue weighted by molar-refractivity contribution is 0.663. The third-order valence-electron chi connectivity index (χ3n) is 2.24. The van der Waals surface area contributed by atoms with Crippen LogP contribution in [0.1, 0.15) is 5.82 Å². The fourth-order valence-electron chi connectivity index (χ4n) is 1.52. The molecule has 0 saturated carbocycles. The van der Waals surface area contributed by atoms with Crippen molar-refractivity contribution in [2.45, 2.75) is 6.54 Å². The molecule has 0 bridgehead atoms. The molecule has 0 unspecified atom stereocenters. The van der Waals surface area contributed by atoms with E-state index in [-0.39, 0.29) is 0 Å². The SMILES string of the molecule is Nc1ncnc2nc(Cn3cccn3)[nH]c12. The standard InChI is InChI=1S/C9H9N7/c10-8-7-9(12-5-11-8)15-6(14-7)4-16-3-1-2-13-16/h1-3,5H,4H2,(H3,10,11,12,14,15). The lowest BCUT2D eigenvalue weighted by Gasteiger charge is -1.95. The summed E-state index contributed by atoms with van der Waals surface area (Å²) in [5, 5.41) is 4.09. The number of imidazole rings is 1. The quantitative estimate of drug-likeness (QED) is 0.635. The Morgan fingerprint density at radius 3 is 3.06 bits per heavy atom. The molecule has 3 aromatic rings. The number of H-pyrrole nitrogens is 1. The fourth-order valence-corrected chi connectivity index (χ4v) is 1.52. The molecule has 16 heavy (non-hydrogen) atoms. The average Bonchev–Trinajstić information content (AvgIpc) is 2.88. The average molecular weight is 215 g/mol. The Morgan fingerprint density at radius 2 is 2.31 bits per heavy atom. The van der Waals surface area contributed by atoms with E-state index in [2.05, 4.69) is 25.0 Å². The van der Waals surface area contributed by atoms with Crippen LogP contribution in [0.3, 0.4) is 0 Å². The molecule has 3 aromatic heterocycles. The molecule has 0 aliphatic carbocycles. The van der Waals surface area contributed by atoms with Crippen LogP contribution in [0.25, 0.3) is 11.2 Å². The summed E-state index contributed by atoms with van der Waals surface area (Å²) in [5.41, 5.74) is 6.95. The normalized spacial score (nSPS) is 11.0. The minimum Gasteiger partial charge on any atom is -0.382 e. The van der Waals surface area contributed by atoms with Crippen molar-refractivity contribution >= 4 is 17.0 Å². The van der Waals surface area contributed by atoms with Crippen LogP contribution in [0.4, 0.5) is 5.82 Å². The summed E-state index contributed by atoms with van der Waals surface area (Å²) in [6.07, 6.45) is 4.98. The summed E-state index contributed by atoms with van der Waals surface area (Å²) < 4.78 is 1.77. The molecule has 0 atom stereocenters. The number of rotatable bonds is 2. The molecule has 7 heteroatoms. The zero-order chi connectivity index (χ0) is 11.0. The first-order valence-corrected chi connectivity index (χ1v) is 4.75. The third kappa shape index (κ3) is 1.38. The van der Waals surface area contributed by atoms with Crippen LogP contribution in [-0.2, 0) is 6.54 Å². The molecule has 80 valence electrons. The van der Waals surface area contributed by atoms with Crippen molar-refractivity contribution in [2.24, 2.45) is 0 Å². The first-order valence-electron chi connectivity index (χ1n) is 4.75. The van der Waals surface area contributed by atoms with Crippen LogP contribution in [0.15, 0.2) is 24.8 Å². The van der Waals surface area contributed by atoms with Gasteiger partial charge in [0, 0.05) is 12.4 Å². The predicted molar refractivity (Wildman–Crippen MR) is 57.4 cm³/mol. The van der Waals surface area contributed by atoms with Gasteiger partial charge in [0.15, 0.2) is 11.5 Å². The smallest absolute Gasteiger partial charge is 0.183 e. The Morgan fingerprint density at radius 1 is 1.38 bits per heavy atom. The van der Waals surface area contributed by atoms with Gasteiger partial charge in [0.1, 0.15) is 17.7 Å². The van der Waals surface area contributed by atoms with Crippen LogP contribution >= 0.6 is 0 Å². The van der Waals surface area contributed by atoms with Gasteiger partial charge in [-0.25, -0.2) is 15.0 Å². The number of fused-ring (bicyclic) bond motifs is 1. The molecule has 0 fully saturated rings. The van der Waals surface area contributed by atoms with Gasteiger partial charge in [0.25, 0.3) is 0 Å². The van der Waals surface area contributed by atoms with Gasteiger partial charge in [0.05, 0.1) is 6.54 Å². The van der Waals surface area contributed by atoms with Crippen molar-refractivity contribution in [1.29, 1.82) is 0 Å². The molecule has 0 spiro atoms. The van der Waals surface area contributed by atoms with Crippen molar-refractivity contribution in [3.8, 4) is 0 Å². The van der Waals surface area contributed by atoms with Gasteiger partial charge in [0.2, 0.25) is 0 Å². The highest BCUT2D eigenvalue weighted by Crippen LogP contribution is 2.13. The van der Waals surface area contributed by atoms with Crippen LogP contribution in [0.5, 0.6) is 0 Å². The van der Waals surface area contributed by atoms with Gasteiger partial charge < -0.3 is 10.7 Å². The number of nitrogens with one attached hydrogen (secondary N) is 1. The van der Waals surface area contributed by atoms with Crippen molar-refractivity contribution < 1.29 is 0 Å². The molecule has 3 N–H and O–H groups in total. The Kier molecular flexibility index (Phi) is 1.82. The van der Waals surface area contributed by atoms with Crippen molar-refractivity contribution in [2.75, 3.05) is 5.73 Å². The van der Waals surface area contributed by atoms with Crippen molar-refractivity contribution in [3.05, 3.63) is 30.6 Å². The lowest BCUT2D eigenvalue weighted by Crippen LogP contribution is -2.01. The number of nitrogens with two attached hydrogens (primary N) is 1. The molecule has 0 aromatic carbocycles. The largest absolute Gasteiger partial charge is 0.382 e. The van der Waals surface area contributed by atoms with E-state index in [9.17, 15) is 0 Å². The van der Waals surface area contributed by atoms with E-state index < -0.39 is 0 Å². The molecule has 0 radical (unpaired) electrons. The molecule has 0 aliphatic heterocycles. The maximum atomic E-state index is 5.70. The summed E-state index contributed by atoms with van der Waals surface area (Å²) in [5.74, 6) is 1.16. The Labute approximate surface area is 90.4 Å². The Bertz CT molecular complexity index is 610. The van der Waals surface area contributed by atoms with Crippen LogP contribution in [-0.4, -0.2) is 29.7 Å². The van der Waals surface area contributed by atoms with Crippen LogP contribution < -0.4 is 5.73 Å². The second-order valence-electron chi connectivity index (χ2n) is 3.34. The first-order chi connectivity index (χ1) is 7.83. The van der Waals surface area contributed by atoms with Gasteiger partial charge in [-0.15, -0.1) is 0 Å². The number of hydrogen-bond acceptors (Lipinski definition) is 5. The molecular formula is C9H9N7. The van der Waals surface area contributed by atoms with E-state index in [1.165, 1.54) is 6.33 Å². The van der Waals surface area contributed by atoms with Gasteiger partial charge in [-0.2, -0.15) is 5.10 Å². The zero-order valence-corrected chi connectivity index (χ0v) is 8.33. The highest BCUT2D eigenvalue weighted by Gasteiger charge is 2.07. The predicted octanol–water partition coefficient (Wildman–Crippen LogP) is 0.180. The van der Waals surface area contributed by atoms with Crippen molar-refractivity contribution in [3.63, 3.8) is 0 Å². The van der Waals surface area contributed by atoms with E-state index in [0.717, 1.165) is 5.82 Å². The maximum absolute atomic E-state index is 5.70. The fraction of sp³-hybridized carbons (Fsp3) is 0.111. The number of nitrogens with zero attached hydrogens (tertiary/aromatic N) is 5. The minimum absolute atomic E-state index is 0.407. The maximum Gasteiger partial charge on any atom is 0.183 e. The highest BCUT2D eigenvalue weighted by atomic mass is 15.3. The second-order valence-corrected chi connectivity index (χ2v) is 3.34. The number of aromatic amines is 1. The molecular weight excluding hydrogens is 206 g/mol. The number of nitrogen functional groups attached to an aromatic ring is 1. The summed E-state index contributed by atoms with van der Waals surface area (Å²) in [7, 11) is 0. The number of anilines is 1. The summed E-state index contributed by atoms with van der Waals surface area (Å²) in [4.78, 5) is 15.3. The topological polar surface area (TPSA) is 98.3 Å². The Hall–Kier alpha value is -2.44. The van der Waals surface area contributed by atoms with Gasteiger partial charge in [-0.3, -0.25) is 4.68 Å². The first kappa shape index (κ1) is 8.84. The zero-order valence-electron chi connectivity index (χ0n) is 8.33. The van der Waals surface area contributed by atoms with E-state index >= 15 is 0 Å². The highest BCUT2D eigenvalue weighted by molar-refractivity contribution is 5.80. The van der Waals surface area contributed by atoms with Gasteiger partial charge >= 0.3 is 0 Å². The number of aromatic nitrogens is 6. The van der Waals surface area contributed by atoms with Crippen LogP contribution in [0.2, 0.25) is 0 Å². The summed E-state index contributed by atoms with van der Waals surface area (Å²) in [6.45, 7) is 0.558. The van der Waals surface area contributed by atoms with E-state index in [4.69, 9.17) is 5.73 Å². The second kappa shape index (κ2) is 3.30. The summed E-state index contributed by atoms with van der Waals surface area (Å²) >= 11 is 0. The van der Waals surface area contributed by atoms with E-state index in [1.807, 2.05) is 12.3 Å². The van der Waals surface area contributed by atoms with Gasteiger partial charge in [-0.05, 0) is 6.07 Å². The minimum atomic E-state index is 0.407. The third-order valence-corrected chi connectivity index (χ3v) is 2.24. The molecule has 3 heterocycles. The Balaban J connectivity index is 2.02. The molecule has 0 aliphatic rings. The molecule has 3 rings (SSSR count). The lowest BCUT2D eigenvalue weighted by atomic mass is 10.5. The van der Waals surface area contributed by atoms with Crippen molar-refractivity contribution in [1.82, 2.24) is 29.7 Å². The summed E-state index contributed by atoms with van der Waals surface area (Å²) in [6, 6.07) is 1.86. The molecule has 0 amide bonds.